The lowest BCUT2D eigenvalue weighted by Gasteiger charge is -2.47. The number of nitrogens with one attached hydrogen (secondary N) is 1. The molecule has 1 fully saturated rings. The van der Waals surface area contributed by atoms with Gasteiger partial charge in [-0.25, -0.2) is 0 Å². The predicted molar refractivity (Wildman–Crippen MR) is 78.5 cm³/mol. The van der Waals surface area contributed by atoms with E-state index in [1.54, 1.807) is 0 Å². The highest BCUT2D eigenvalue weighted by Gasteiger charge is 2.40. The second-order valence-electron chi connectivity index (χ2n) is 5.58. The van der Waals surface area contributed by atoms with Gasteiger partial charge in [-0.05, 0) is 19.9 Å². The minimum Gasteiger partial charge on any atom is -0.379 e. The fourth-order valence-corrected chi connectivity index (χ4v) is 3.09. The Bertz CT molecular complexity index is 415. The van der Waals surface area contributed by atoms with Crippen LogP contribution in [0.4, 0.5) is 0 Å². The Hall–Kier alpha value is -0.980. The van der Waals surface area contributed by atoms with Gasteiger partial charge in [0.2, 0.25) is 0 Å². The summed E-state index contributed by atoms with van der Waals surface area (Å²) in [4.78, 5) is 2.54. The Morgan fingerprint density at radius 1 is 1.40 bits per heavy atom. The zero-order valence-corrected chi connectivity index (χ0v) is 13.1. The standard InChI is InChI=1S/C14H27N5O/c1-5-14(3,19-7-9-20-10-8-19)13(15-6-2)12-11-16-17-18(12)4/h11,13,15H,5-10H2,1-4H3. The van der Waals surface area contributed by atoms with Crippen LogP contribution in [-0.2, 0) is 11.8 Å². The molecule has 2 unspecified atom stereocenters. The van der Waals surface area contributed by atoms with Gasteiger partial charge in [-0.15, -0.1) is 5.10 Å². The van der Waals surface area contributed by atoms with Crippen molar-refractivity contribution in [1.82, 2.24) is 25.2 Å². The Balaban J connectivity index is 2.30. The van der Waals surface area contributed by atoms with E-state index in [1.165, 1.54) is 0 Å². The number of morpholine rings is 1. The van der Waals surface area contributed by atoms with Crippen molar-refractivity contribution >= 4 is 0 Å². The average molecular weight is 281 g/mol. The Labute approximate surface area is 121 Å². The van der Waals surface area contributed by atoms with Gasteiger partial charge in [0.05, 0.1) is 31.1 Å². The number of aromatic nitrogens is 3. The first-order valence-corrected chi connectivity index (χ1v) is 7.54. The molecule has 1 N–H and O–H groups in total. The molecular formula is C14H27N5O. The van der Waals surface area contributed by atoms with Gasteiger partial charge in [0.15, 0.2) is 0 Å². The van der Waals surface area contributed by atoms with E-state index in [1.807, 2.05) is 17.9 Å². The molecular weight excluding hydrogens is 254 g/mol. The van der Waals surface area contributed by atoms with Crippen molar-refractivity contribution in [1.29, 1.82) is 0 Å². The molecule has 2 rings (SSSR count). The van der Waals surface area contributed by atoms with Crippen molar-refractivity contribution in [2.75, 3.05) is 32.8 Å². The highest BCUT2D eigenvalue weighted by Crippen LogP contribution is 2.34. The maximum absolute atomic E-state index is 5.50. The molecule has 1 aliphatic heterocycles. The van der Waals surface area contributed by atoms with Gasteiger partial charge in [-0.2, -0.15) is 0 Å². The maximum Gasteiger partial charge on any atom is 0.0772 e. The molecule has 0 aliphatic carbocycles. The highest BCUT2D eigenvalue weighted by molar-refractivity contribution is 5.12. The van der Waals surface area contributed by atoms with Gasteiger partial charge in [0.25, 0.3) is 0 Å². The number of aryl methyl sites for hydroxylation is 1. The van der Waals surface area contributed by atoms with E-state index in [4.69, 9.17) is 4.74 Å². The van der Waals surface area contributed by atoms with Crippen LogP contribution in [0.25, 0.3) is 0 Å². The summed E-state index contributed by atoms with van der Waals surface area (Å²) in [6.07, 6.45) is 2.94. The lowest BCUT2D eigenvalue weighted by Crippen LogP contribution is -2.58. The van der Waals surface area contributed by atoms with Crippen LogP contribution in [0, 0.1) is 0 Å². The van der Waals surface area contributed by atoms with E-state index in [2.05, 4.69) is 41.3 Å². The zero-order valence-electron chi connectivity index (χ0n) is 13.1. The van der Waals surface area contributed by atoms with Crippen LogP contribution in [0.2, 0.25) is 0 Å². The van der Waals surface area contributed by atoms with Crippen molar-refractivity contribution in [3.8, 4) is 0 Å². The second kappa shape index (κ2) is 6.65. The molecule has 6 nitrogen and oxygen atoms in total. The van der Waals surface area contributed by atoms with E-state index in [9.17, 15) is 0 Å². The molecule has 1 saturated heterocycles. The van der Waals surface area contributed by atoms with Crippen molar-refractivity contribution in [2.24, 2.45) is 7.05 Å². The summed E-state index contributed by atoms with van der Waals surface area (Å²) in [5, 5.41) is 11.8. The van der Waals surface area contributed by atoms with Gasteiger partial charge in [-0.3, -0.25) is 9.58 Å². The second-order valence-corrected chi connectivity index (χ2v) is 5.58. The molecule has 2 heterocycles. The van der Waals surface area contributed by atoms with Gasteiger partial charge < -0.3 is 10.1 Å². The van der Waals surface area contributed by atoms with E-state index >= 15 is 0 Å². The minimum atomic E-state index is 0.0370. The third-order valence-corrected chi connectivity index (χ3v) is 4.52. The minimum absolute atomic E-state index is 0.0370. The molecule has 1 aliphatic rings. The molecule has 0 amide bonds. The van der Waals surface area contributed by atoms with Gasteiger partial charge in [0.1, 0.15) is 0 Å². The van der Waals surface area contributed by atoms with Crippen molar-refractivity contribution < 1.29 is 4.74 Å². The van der Waals surface area contributed by atoms with E-state index in [-0.39, 0.29) is 11.6 Å². The molecule has 1 aromatic rings. The molecule has 0 aromatic carbocycles. The highest BCUT2D eigenvalue weighted by atomic mass is 16.5. The number of likely N-dealkylation sites (N-methyl/N-ethyl adjacent to an activating group) is 1. The van der Waals surface area contributed by atoms with E-state index < -0.39 is 0 Å². The summed E-state index contributed by atoms with van der Waals surface area (Å²) in [6, 6.07) is 0.218. The lowest BCUT2D eigenvalue weighted by atomic mass is 9.84. The predicted octanol–water partition coefficient (Wildman–Crippen LogP) is 0.967. The quantitative estimate of drug-likeness (QED) is 0.842. The van der Waals surface area contributed by atoms with Crippen LogP contribution in [0.1, 0.15) is 38.9 Å². The first-order valence-electron chi connectivity index (χ1n) is 7.54. The largest absolute Gasteiger partial charge is 0.379 e. The fourth-order valence-electron chi connectivity index (χ4n) is 3.09. The van der Waals surface area contributed by atoms with E-state index in [0.717, 1.165) is 45.0 Å². The van der Waals surface area contributed by atoms with Crippen LogP contribution in [0.5, 0.6) is 0 Å². The summed E-state index contributed by atoms with van der Waals surface area (Å²) in [7, 11) is 1.96. The molecule has 0 spiro atoms. The first-order chi connectivity index (χ1) is 9.63. The van der Waals surface area contributed by atoms with Crippen LogP contribution >= 0.6 is 0 Å². The summed E-state index contributed by atoms with van der Waals surface area (Å²) < 4.78 is 7.38. The van der Waals surface area contributed by atoms with Crippen LogP contribution in [0.3, 0.4) is 0 Å². The summed E-state index contributed by atoms with van der Waals surface area (Å²) in [6.45, 7) is 11.3. The SMILES string of the molecule is CCNC(c1cnnn1C)C(C)(CC)N1CCOCC1. The number of nitrogens with zero attached hydrogens (tertiary/aromatic N) is 4. The summed E-state index contributed by atoms with van der Waals surface area (Å²) in [5.74, 6) is 0. The third kappa shape index (κ3) is 2.87. The van der Waals surface area contributed by atoms with Crippen LogP contribution < -0.4 is 5.32 Å². The molecule has 6 heteroatoms. The number of hydrogen-bond donors (Lipinski definition) is 1. The van der Waals surface area contributed by atoms with Gasteiger partial charge in [0, 0.05) is 25.7 Å². The van der Waals surface area contributed by atoms with Crippen molar-refractivity contribution in [2.45, 2.75) is 38.8 Å². The molecule has 20 heavy (non-hydrogen) atoms. The first kappa shape index (κ1) is 15.4. The fraction of sp³-hybridized carbons (Fsp3) is 0.857. The molecule has 114 valence electrons. The van der Waals surface area contributed by atoms with Gasteiger partial charge >= 0.3 is 0 Å². The van der Waals surface area contributed by atoms with Crippen LogP contribution in [0.15, 0.2) is 6.20 Å². The Morgan fingerprint density at radius 3 is 2.60 bits per heavy atom. The Kier molecular flexibility index (Phi) is 5.12. The molecule has 2 atom stereocenters. The lowest BCUT2D eigenvalue weighted by molar-refractivity contribution is -0.0337. The molecule has 0 radical (unpaired) electrons. The van der Waals surface area contributed by atoms with Crippen molar-refractivity contribution in [3.63, 3.8) is 0 Å². The summed E-state index contributed by atoms with van der Waals surface area (Å²) in [5.41, 5.74) is 1.18. The summed E-state index contributed by atoms with van der Waals surface area (Å²) >= 11 is 0. The normalized spacial score (nSPS) is 21.6. The third-order valence-electron chi connectivity index (χ3n) is 4.52. The smallest absolute Gasteiger partial charge is 0.0772 e. The topological polar surface area (TPSA) is 55.2 Å². The van der Waals surface area contributed by atoms with Crippen LogP contribution in [-0.4, -0.2) is 58.3 Å². The zero-order chi connectivity index (χ0) is 14.6. The number of ether oxygens (including phenoxy) is 1. The molecule has 0 bridgehead atoms. The van der Waals surface area contributed by atoms with Gasteiger partial charge in [-0.1, -0.05) is 19.1 Å². The number of rotatable bonds is 6. The molecule has 1 aromatic heterocycles. The average Bonchev–Trinajstić information content (AvgIpc) is 2.91. The van der Waals surface area contributed by atoms with E-state index in [0.29, 0.717) is 0 Å². The molecule has 0 saturated carbocycles. The van der Waals surface area contributed by atoms with Crippen molar-refractivity contribution in [3.05, 3.63) is 11.9 Å². The maximum atomic E-state index is 5.50. The number of hydrogen-bond acceptors (Lipinski definition) is 5. The Morgan fingerprint density at radius 2 is 2.10 bits per heavy atom. The monoisotopic (exact) mass is 281 g/mol.